The number of nitrogens with one attached hydrogen (secondary N) is 2. The molecule has 166 valence electrons. The monoisotopic (exact) mass is 514 g/mol. The van der Waals surface area contributed by atoms with Gasteiger partial charge in [0.05, 0.1) is 31.9 Å². The Bertz CT molecular complexity index is 1270. The summed E-state index contributed by atoms with van der Waals surface area (Å²) in [5.74, 6) is -0.240. The fourth-order valence-electron chi connectivity index (χ4n) is 2.77. The summed E-state index contributed by atoms with van der Waals surface area (Å²) >= 11 is 5.70. The van der Waals surface area contributed by atoms with Crippen LogP contribution in [0.25, 0.3) is 20.4 Å². The van der Waals surface area contributed by atoms with Gasteiger partial charge in [-0.2, -0.15) is 0 Å². The molecule has 0 fully saturated rings. The van der Waals surface area contributed by atoms with Crippen LogP contribution in [-0.4, -0.2) is 43.6 Å². The molecule has 33 heavy (non-hydrogen) atoms. The summed E-state index contributed by atoms with van der Waals surface area (Å²) < 4.78 is 8.41. The summed E-state index contributed by atoms with van der Waals surface area (Å²) in [7, 11) is 0. The van der Waals surface area contributed by atoms with Crippen LogP contribution in [0.3, 0.4) is 0 Å². The number of hydrogen-bond donors (Lipinski definition) is 2. The first kappa shape index (κ1) is 21.8. The molecular weight excluding hydrogens is 501 g/mol. The highest BCUT2D eigenvalue weighted by Crippen LogP contribution is 2.30. The molecule has 0 saturated heterocycles. The fraction of sp³-hybridized carbons (Fsp3) is 0.100. The fourth-order valence-corrected chi connectivity index (χ4v) is 6.51. The van der Waals surface area contributed by atoms with Crippen molar-refractivity contribution in [2.45, 2.75) is 8.68 Å². The summed E-state index contributed by atoms with van der Waals surface area (Å²) in [6.07, 6.45) is 0. The van der Waals surface area contributed by atoms with E-state index in [0.717, 1.165) is 29.1 Å². The topological polar surface area (TPSA) is 123 Å². The molecule has 13 heteroatoms. The zero-order chi connectivity index (χ0) is 22.6. The van der Waals surface area contributed by atoms with E-state index in [4.69, 9.17) is 0 Å². The van der Waals surface area contributed by atoms with Crippen LogP contribution in [-0.2, 0) is 9.59 Å². The summed E-state index contributed by atoms with van der Waals surface area (Å²) in [4.78, 5) is 33.7. The summed E-state index contributed by atoms with van der Waals surface area (Å²) in [6.45, 7) is 0. The Hall–Kier alpha value is -3.00. The minimum atomic E-state index is -0.311. The third kappa shape index (κ3) is 5.33. The molecule has 0 radical (unpaired) electrons. The zero-order valence-electron chi connectivity index (χ0n) is 16.7. The number of nitrogens with zero attached hydrogens (tertiary/aromatic N) is 4. The van der Waals surface area contributed by atoms with E-state index in [1.165, 1.54) is 46.2 Å². The molecule has 2 aromatic carbocycles. The highest BCUT2D eigenvalue weighted by atomic mass is 32.2. The predicted octanol–water partition coefficient (Wildman–Crippen LogP) is 4.75. The van der Waals surface area contributed by atoms with Crippen molar-refractivity contribution >= 4 is 90.1 Å². The molecule has 0 unspecified atom stereocenters. The molecule has 0 saturated carbocycles. The number of rotatable bonds is 8. The van der Waals surface area contributed by atoms with Crippen molar-refractivity contribution in [2.24, 2.45) is 0 Å². The summed E-state index contributed by atoms with van der Waals surface area (Å²) in [5, 5.41) is 12.6. The Balaban J connectivity index is 1.13. The zero-order valence-corrected chi connectivity index (χ0v) is 19.9. The van der Waals surface area contributed by atoms with Crippen molar-refractivity contribution in [3.8, 4) is 0 Å². The van der Waals surface area contributed by atoms with Crippen LogP contribution in [0.15, 0.2) is 61.8 Å². The molecule has 0 bridgehead atoms. The second-order valence-corrected chi connectivity index (χ2v) is 11.0. The number of amides is 2. The van der Waals surface area contributed by atoms with Gasteiger partial charge in [-0.15, -0.1) is 22.7 Å². The average Bonchev–Trinajstić information content (AvgIpc) is 3.54. The SMILES string of the molecule is O=C(CSc1nc2ccccc2s1)Nc1nonc1NC(=O)CSc1nc2ccccc2s1. The van der Waals surface area contributed by atoms with Gasteiger partial charge in [0.1, 0.15) is 0 Å². The van der Waals surface area contributed by atoms with Gasteiger partial charge in [-0.1, -0.05) is 47.8 Å². The first-order chi connectivity index (χ1) is 16.1. The van der Waals surface area contributed by atoms with Gasteiger partial charge in [0, 0.05) is 0 Å². The van der Waals surface area contributed by atoms with Crippen molar-refractivity contribution in [2.75, 3.05) is 22.1 Å². The lowest BCUT2D eigenvalue weighted by atomic mass is 10.3. The molecule has 2 amide bonds. The lowest BCUT2D eigenvalue weighted by Gasteiger charge is -2.03. The van der Waals surface area contributed by atoms with Crippen molar-refractivity contribution in [3.05, 3.63) is 48.5 Å². The second kappa shape index (κ2) is 9.87. The molecule has 5 rings (SSSR count). The molecule has 0 aliphatic rings. The highest BCUT2D eigenvalue weighted by molar-refractivity contribution is 8.02. The van der Waals surface area contributed by atoms with Crippen LogP contribution in [0.4, 0.5) is 11.6 Å². The predicted molar refractivity (Wildman–Crippen MR) is 132 cm³/mol. The van der Waals surface area contributed by atoms with Gasteiger partial charge in [-0.05, 0) is 34.6 Å². The van der Waals surface area contributed by atoms with Gasteiger partial charge in [0.25, 0.3) is 0 Å². The number of thiazole rings is 2. The Morgan fingerprint density at radius 1 is 0.758 bits per heavy atom. The number of hydrogen-bond acceptors (Lipinski definition) is 11. The van der Waals surface area contributed by atoms with Gasteiger partial charge in [-0.3, -0.25) is 9.59 Å². The molecule has 5 aromatic rings. The Labute approximate surface area is 203 Å². The first-order valence-electron chi connectivity index (χ1n) is 9.53. The van der Waals surface area contributed by atoms with Crippen LogP contribution in [0.2, 0.25) is 0 Å². The van der Waals surface area contributed by atoms with E-state index in [9.17, 15) is 9.59 Å². The van der Waals surface area contributed by atoms with E-state index in [2.05, 4.69) is 35.5 Å². The molecule has 3 aromatic heterocycles. The Morgan fingerprint density at radius 2 is 1.21 bits per heavy atom. The average molecular weight is 515 g/mol. The molecule has 3 heterocycles. The molecule has 2 N–H and O–H groups in total. The van der Waals surface area contributed by atoms with Crippen LogP contribution < -0.4 is 10.6 Å². The van der Waals surface area contributed by atoms with E-state index < -0.39 is 0 Å². The maximum atomic E-state index is 12.3. The number of para-hydroxylation sites is 2. The standard InChI is InChI=1S/C20H14N6O3S4/c27-15(9-30-19-21-11-5-1-3-7-13(11)32-19)23-17-18(26-29-25-17)24-16(28)10-31-20-22-12-6-2-4-8-14(12)33-20/h1-8H,9-10H2,(H,23,25,27)(H,24,26,28). The van der Waals surface area contributed by atoms with Gasteiger partial charge >= 0.3 is 0 Å². The lowest BCUT2D eigenvalue weighted by molar-refractivity contribution is -0.114. The number of aromatic nitrogens is 4. The van der Waals surface area contributed by atoms with Crippen molar-refractivity contribution in [3.63, 3.8) is 0 Å². The number of carbonyl (C=O) groups excluding carboxylic acids is 2. The maximum Gasteiger partial charge on any atom is 0.236 e. The molecular formula is C20H14N6O3S4. The van der Waals surface area contributed by atoms with Gasteiger partial charge in [0.2, 0.25) is 23.5 Å². The Kier molecular flexibility index (Phi) is 6.53. The maximum absolute atomic E-state index is 12.3. The molecule has 0 aliphatic heterocycles. The minimum Gasteiger partial charge on any atom is -0.304 e. The molecule has 0 aliphatic carbocycles. The number of benzene rings is 2. The van der Waals surface area contributed by atoms with E-state index in [-0.39, 0.29) is 35.0 Å². The van der Waals surface area contributed by atoms with E-state index in [0.29, 0.717) is 0 Å². The van der Waals surface area contributed by atoms with Crippen molar-refractivity contribution in [1.82, 2.24) is 20.3 Å². The smallest absolute Gasteiger partial charge is 0.236 e. The van der Waals surface area contributed by atoms with Gasteiger partial charge in [-0.25, -0.2) is 14.6 Å². The number of anilines is 2. The van der Waals surface area contributed by atoms with Gasteiger partial charge in [0.15, 0.2) is 8.68 Å². The normalized spacial score (nSPS) is 11.2. The quantitative estimate of drug-likeness (QED) is 0.282. The summed E-state index contributed by atoms with van der Waals surface area (Å²) in [6, 6.07) is 15.6. The van der Waals surface area contributed by atoms with Crippen LogP contribution >= 0.6 is 46.2 Å². The highest BCUT2D eigenvalue weighted by Gasteiger charge is 2.17. The molecule has 9 nitrogen and oxygen atoms in total. The third-order valence-corrected chi connectivity index (χ3v) is 8.56. The van der Waals surface area contributed by atoms with Crippen LogP contribution in [0.5, 0.6) is 0 Å². The van der Waals surface area contributed by atoms with Gasteiger partial charge < -0.3 is 10.6 Å². The van der Waals surface area contributed by atoms with Crippen molar-refractivity contribution in [1.29, 1.82) is 0 Å². The number of thioether (sulfide) groups is 2. The summed E-state index contributed by atoms with van der Waals surface area (Å²) in [5.41, 5.74) is 1.81. The van der Waals surface area contributed by atoms with E-state index in [1.54, 1.807) is 0 Å². The molecule has 0 spiro atoms. The van der Waals surface area contributed by atoms with E-state index >= 15 is 0 Å². The largest absolute Gasteiger partial charge is 0.304 e. The minimum absolute atomic E-state index is 0.0586. The first-order valence-corrected chi connectivity index (χ1v) is 13.1. The number of carbonyl (C=O) groups is 2. The lowest BCUT2D eigenvalue weighted by Crippen LogP contribution is -2.18. The third-order valence-electron chi connectivity index (χ3n) is 4.21. The Morgan fingerprint density at radius 3 is 1.67 bits per heavy atom. The van der Waals surface area contributed by atoms with E-state index in [1.807, 2.05) is 48.5 Å². The second-order valence-electron chi connectivity index (χ2n) is 6.53. The molecule has 0 atom stereocenters. The van der Waals surface area contributed by atoms with Crippen LogP contribution in [0, 0.1) is 0 Å². The van der Waals surface area contributed by atoms with Crippen LogP contribution in [0.1, 0.15) is 0 Å². The number of fused-ring (bicyclic) bond motifs is 2. The van der Waals surface area contributed by atoms with Crippen molar-refractivity contribution < 1.29 is 14.2 Å².